The quantitative estimate of drug-likeness (QED) is 0.834. The smallest absolute Gasteiger partial charge is 0.249 e. The SMILES string of the molecule is CCN(C(=O)[C@@H]1C[C@H]1c1cccnc1)[C@H]1CCN(c2ccccc2)C1=O. The Morgan fingerprint density at radius 3 is 2.73 bits per heavy atom. The van der Waals surface area contributed by atoms with E-state index in [1.165, 1.54) is 0 Å². The highest BCUT2D eigenvalue weighted by atomic mass is 16.2. The fourth-order valence-electron chi connectivity index (χ4n) is 3.99. The third-order valence-electron chi connectivity index (χ3n) is 5.47. The van der Waals surface area contributed by atoms with Crippen molar-refractivity contribution in [3.8, 4) is 0 Å². The number of nitrogens with zero attached hydrogens (tertiary/aromatic N) is 3. The molecule has 1 saturated heterocycles. The summed E-state index contributed by atoms with van der Waals surface area (Å²) < 4.78 is 0. The number of carbonyl (C=O) groups is 2. The predicted molar refractivity (Wildman–Crippen MR) is 99.7 cm³/mol. The molecule has 1 aliphatic carbocycles. The molecule has 134 valence electrons. The van der Waals surface area contributed by atoms with Crippen molar-refractivity contribution in [1.82, 2.24) is 9.88 Å². The molecule has 5 nitrogen and oxygen atoms in total. The van der Waals surface area contributed by atoms with E-state index in [1.807, 2.05) is 55.6 Å². The molecular weight excluding hydrogens is 326 g/mol. The van der Waals surface area contributed by atoms with E-state index in [-0.39, 0.29) is 29.7 Å². The summed E-state index contributed by atoms with van der Waals surface area (Å²) in [5, 5.41) is 0. The highest BCUT2D eigenvalue weighted by Gasteiger charge is 2.48. The molecule has 2 aliphatic rings. The first-order valence-electron chi connectivity index (χ1n) is 9.27. The second-order valence-electron chi connectivity index (χ2n) is 6.99. The van der Waals surface area contributed by atoms with Crippen LogP contribution in [0.1, 0.15) is 31.2 Å². The lowest BCUT2D eigenvalue weighted by molar-refractivity contribution is -0.139. The van der Waals surface area contributed by atoms with Gasteiger partial charge in [-0.1, -0.05) is 24.3 Å². The standard InChI is InChI=1S/C21H23N3O2/c1-2-23(20(25)18-13-17(18)15-7-6-11-22-14-15)19-10-12-24(21(19)26)16-8-4-3-5-9-16/h3-9,11,14,17-19H,2,10,12-13H2,1H3/t17-,18+,19-/m0/s1. The Labute approximate surface area is 153 Å². The molecule has 2 aromatic rings. The number of hydrogen-bond donors (Lipinski definition) is 0. The van der Waals surface area contributed by atoms with Gasteiger partial charge in [0, 0.05) is 37.1 Å². The number of rotatable bonds is 5. The van der Waals surface area contributed by atoms with Gasteiger partial charge in [-0.05, 0) is 49.4 Å². The van der Waals surface area contributed by atoms with Crippen LogP contribution in [0.25, 0.3) is 0 Å². The highest BCUT2D eigenvalue weighted by Crippen LogP contribution is 2.48. The van der Waals surface area contributed by atoms with Gasteiger partial charge in [0.25, 0.3) is 0 Å². The number of anilines is 1. The molecule has 3 atom stereocenters. The van der Waals surface area contributed by atoms with Crippen molar-refractivity contribution < 1.29 is 9.59 Å². The van der Waals surface area contributed by atoms with Crippen LogP contribution in [0.2, 0.25) is 0 Å². The van der Waals surface area contributed by atoms with Crippen LogP contribution in [0.3, 0.4) is 0 Å². The summed E-state index contributed by atoms with van der Waals surface area (Å²) in [6.07, 6.45) is 5.13. The molecule has 0 N–H and O–H groups in total. The fraction of sp³-hybridized carbons (Fsp3) is 0.381. The monoisotopic (exact) mass is 349 g/mol. The first kappa shape index (κ1) is 16.8. The molecule has 2 heterocycles. The number of aromatic nitrogens is 1. The summed E-state index contributed by atoms with van der Waals surface area (Å²) in [6, 6.07) is 13.3. The number of amides is 2. The van der Waals surface area contributed by atoms with Gasteiger partial charge in [0.1, 0.15) is 6.04 Å². The predicted octanol–water partition coefficient (Wildman–Crippen LogP) is 2.84. The first-order valence-corrected chi connectivity index (χ1v) is 9.27. The summed E-state index contributed by atoms with van der Waals surface area (Å²) in [6.45, 7) is 3.18. The van der Waals surface area contributed by atoms with Crippen LogP contribution in [0.4, 0.5) is 5.69 Å². The van der Waals surface area contributed by atoms with Gasteiger partial charge >= 0.3 is 0 Å². The maximum Gasteiger partial charge on any atom is 0.249 e. The average molecular weight is 349 g/mol. The Morgan fingerprint density at radius 2 is 2.04 bits per heavy atom. The zero-order valence-corrected chi connectivity index (χ0v) is 14.9. The maximum absolute atomic E-state index is 13.0. The molecule has 1 aliphatic heterocycles. The average Bonchev–Trinajstić information content (AvgIpc) is 3.41. The van der Waals surface area contributed by atoms with Crippen molar-refractivity contribution >= 4 is 17.5 Å². The molecular formula is C21H23N3O2. The highest BCUT2D eigenvalue weighted by molar-refractivity contribution is 6.01. The molecule has 4 rings (SSSR count). The van der Waals surface area contributed by atoms with E-state index in [9.17, 15) is 9.59 Å². The van der Waals surface area contributed by atoms with Crippen molar-refractivity contribution in [3.63, 3.8) is 0 Å². The molecule has 0 spiro atoms. The van der Waals surface area contributed by atoms with Crippen molar-refractivity contribution in [2.75, 3.05) is 18.0 Å². The Balaban J connectivity index is 1.46. The lowest BCUT2D eigenvalue weighted by Crippen LogP contribution is -2.46. The molecule has 1 aromatic carbocycles. The van der Waals surface area contributed by atoms with Crippen LogP contribution in [0.5, 0.6) is 0 Å². The maximum atomic E-state index is 13.0. The van der Waals surface area contributed by atoms with Crippen molar-refractivity contribution in [2.24, 2.45) is 5.92 Å². The van der Waals surface area contributed by atoms with Crippen molar-refractivity contribution in [3.05, 3.63) is 60.4 Å². The number of likely N-dealkylation sites (N-methyl/N-ethyl adjacent to an activating group) is 1. The van der Waals surface area contributed by atoms with Crippen LogP contribution in [0, 0.1) is 5.92 Å². The Morgan fingerprint density at radius 1 is 1.23 bits per heavy atom. The van der Waals surface area contributed by atoms with Gasteiger partial charge in [0.15, 0.2) is 0 Å². The second-order valence-corrected chi connectivity index (χ2v) is 6.99. The van der Waals surface area contributed by atoms with Gasteiger partial charge in [0.05, 0.1) is 0 Å². The summed E-state index contributed by atoms with van der Waals surface area (Å²) in [7, 11) is 0. The molecule has 2 amide bonds. The minimum Gasteiger partial charge on any atom is -0.331 e. The van der Waals surface area contributed by atoms with Gasteiger partial charge in [-0.3, -0.25) is 14.6 Å². The van der Waals surface area contributed by atoms with E-state index in [0.717, 1.165) is 17.7 Å². The molecule has 1 aromatic heterocycles. The van der Waals surface area contributed by atoms with Gasteiger partial charge in [-0.25, -0.2) is 0 Å². The summed E-state index contributed by atoms with van der Waals surface area (Å²) in [4.78, 5) is 33.7. The number of carbonyl (C=O) groups excluding carboxylic acids is 2. The summed E-state index contributed by atoms with van der Waals surface area (Å²) in [5.74, 6) is 0.365. The van der Waals surface area contributed by atoms with Crippen LogP contribution in [0.15, 0.2) is 54.9 Å². The molecule has 5 heteroatoms. The largest absolute Gasteiger partial charge is 0.331 e. The minimum absolute atomic E-state index is 0.0160. The molecule has 0 unspecified atom stereocenters. The normalized spacial score (nSPS) is 24.6. The van der Waals surface area contributed by atoms with E-state index in [2.05, 4.69) is 4.98 Å². The lowest BCUT2D eigenvalue weighted by Gasteiger charge is -2.27. The Kier molecular flexibility index (Phi) is 4.45. The zero-order chi connectivity index (χ0) is 18.1. The second kappa shape index (κ2) is 6.90. The van der Waals surface area contributed by atoms with Crippen molar-refractivity contribution in [1.29, 1.82) is 0 Å². The molecule has 2 fully saturated rings. The van der Waals surface area contributed by atoms with Crippen molar-refractivity contribution in [2.45, 2.75) is 31.7 Å². The van der Waals surface area contributed by atoms with Gasteiger partial charge in [-0.2, -0.15) is 0 Å². The lowest BCUT2D eigenvalue weighted by atomic mass is 10.1. The number of benzene rings is 1. The van der Waals surface area contributed by atoms with E-state index in [4.69, 9.17) is 0 Å². The van der Waals surface area contributed by atoms with E-state index in [0.29, 0.717) is 19.5 Å². The number of hydrogen-bond acceptors (Lipinski definition) is 3. The summed E-state index contributed by atoms with van der Waals surface area (Å²) in [5.41, 5.74) is 2.02. The number of para-hydroxylation sites is 1. The van der Waals surface area contributed by atoms with Crippen LogP contribution < -0.4 is 4.90 Å². The van der Waals surface area contributed by atoms with Crippen LogP contribution in [-0.2, 0) is 9.59 Å². The van der Waals surface area contributed by atoms with Crippen LogP contribution in [-0.4, -0.2) is 40.8 Å². The van der Waals surface area contributed by atoms with Crippen LogP contribution >= 0.6 is 0 Å². The zero-order valence-electron chi connectivity index (χ0n) is 14.9. The summed E-state index contributed by atoms with van der Waals surface area (Å²) >= 11 is 0. The Hall–Kier alpha value is -2.69. The molecule has 0 radical (unpaired) electrons. The van der Waals surface area contributed by atoms with E-state index >= 15 is 0 Å². The van der Waals surface area contributed by atoms with Gasteiger partial charge in [-0.15, -0.1) is 0 Å². The minimum atomic E-state index is -0.345. The molecule has 0 bridgehead atoms. The third-order valence-corrected chi connectivity index (χ3v) is 5.47. The van der Waals surface area contributed by atoms with Gasteiger partial charge in [0.2, 0.25) is 11.8 Å². The molecule has 1 saturated carbocycles. The molecule has 26 heavy (non-hydrogen) atoms. The van der Waals surface area contributed by atoms with E-state index in [1.54, 1.807) is 16.0 Å². The first-order chi connectivity index (χ1) is 12.7. The van der Waals surface area contributed by atoms with E-state index < -0.39 is 0 Å². The fourth-order valence-corrected chi connectivity index (χ4v) is 3.99. The third kappa shape index (κ3) is 2.98. The number of pyridine rings is 1. The Bertz CT molecular complexity index is 793. The van der Waals surface area contributed by atoms with Gasteiger partial charge < -0.3 is 9.80 Å². The topological polar surface area (TPSA) is 53.5 Å².